The van der Waals surface area contributed by atoms with E-state index in [2.05, 4.69) is 15.7 Å². The molecule has 3 aromatic rings. The van der Waals surface area contributed by atoms with Gasteiger partial charge in [0.25, 0.3) is 5.91 Å². The van der Waals surface area contributed by atoms with Gasteiger partial charge >= 0.3 is 0 Å². The van der Waals surface area contributed by atoms with Crippen LogP contribution in [0.4, 0.5) is 8.78 Å². The Balaban J connectivity index is 1.48. The van der Waals surface area contributed by atoms with E-state index in [0.717, 1.165) is 24.1 Å². The number of carbonyl (C=O) groups excluding carboxylic acids is 2. The highest BCUT2D eigenvalue weighted by atomic mass is 19.3. The second-order valence-electron chi connectivity index (χ2n) is 10.5. The van der Waals surface area contributed by atoms with Gasteiger partial charge < -0.3 is 15.4 Å². The van der Waals surface area contributed by atoms with Crippen molar-refractivity contribution in [2.75, 3.05) is 13.7 Å². The van der Waals surface area contributed by atoms with Crippen LogP contribution in [0.1, 0.15) is 78.9 Å². The molecule has 1 aliphatic carbocycles. The third kappa shape index (κ3) is 5.95. The van der Waals surface area contributed by atoms with Crippen molar-refractivity contribution in [2.45, 2.75) is 77.0 Å². The summed E-state index contributed by atoms with van der Waals surface area (Å²) in [6, 6.07) is 2.95. The number of nitrogens with zero attached hydrogens (tertiary/aromatic N) is 5. The largest absolute Gasteiger partial charge is 0.380 e. The first-order chi connectivity index (χ1) is 18.8. The van der Waals surface area contributed by atoms with Crippen molar-refractivity contribution < 1.29 is 23.1 Å². The number of ether oxygens (including phenoxy) is 1. The second-order valence-corrected chi connectivity index (χ2v) is 10.5. The molecule has 2 unspecified atom stereocenters. The first kappa shape index (κ1) is 27.2. The summed E-state index contributed by atoms with van der Waals surface area (Å²) >= 11 is 0. The molecule has 1 saturated heterocycles. The van der Waals surface area contributed by atoms with Gasteiger partial charge in [0.2, 0.25) is 11.8 Å². The summed E-state index contributed by atoms with van der Waals surface area (Å²) in [6.45, 7) is 3.42. The molecule has 210 valence electrons. The molecule has 5 rings (SSSR count). The molecule has 2 fully saturated rings. The summed E-state index contributed by atoms with van der Waals surface area (Å²) in [6.07, 6.45) is 5.59. The van der Waals surface area contributed by atoms with Crippen LogP contribution in [0.5, 0.6) is 0 Å². The van der Waals surface area contributed by atoms with Gasteiger partial charge in [-0.05, 0) is 50.7 Å². The molecule has 0 bridgehead atoms. The van der Waals surface area contributed by atoms with E-state index < -0.39 is 12.0 Å². The lowest BCUT2D eigenvalue weighted by atomic mass is 9.81. The number of alkyl halides is 2. The minimum atomic E-state index is -2.69. The Morgan fingerprint density at radius 1 is 1.31 bits per heavy atom. The van der Waals surface area contributed by atoms with Gasteiger partial charge in [-0.1, -0.05) is 0 Å². The summed E-state index contributed by atoms with van der Waals surface area (Å²) in [5, 5.41) is 15.0. The van der Waals surface area contributed by atoms with Crippen molar-refractivity contribution in [1.82, 2.24) is 35.0 Å². The monoisotopic (exact) mass is 543 g/mol. The number of halogens is 2. The molecule has 0 spiro atoms. The molecule has 2 aliphatic rings. The average Bonchev–Trinajstić information content (AvgIpc) is 3.56. The number of carbonyl (C=O) groups is 2. The van der Waals surface area contributed by atoms with Crippen molar-refractivity contribution >= 4 is 17.5 Å². The zero-order valence-electron chi connectivity index (χ0n) is 22.3. The van der Waals surface area contributed by atoms with Crippen LogP contribution in [0.2, 0.25) is 0 Å². The van der Waals surface area contributed by atoms with Gasteiger partial charge in [0.05, 0.1) is 30.2 Å². The van der Waals surface area contributed by atoms with Crippen LogP contribution < -0.4 is 10.6 Å². The van der Waals surface area contributed by atoms with E-state index in [9.17, 15) is 18.4 Å². The number of hydrogen-bond donors (Lipinski definition) is 2. The number of amides is 2. The predicted octanol–water partition coefficient (Wildman–Crippen LogP) is 3.46. The Morgan fingerprint density at radius 2 is 2.10 bits per heavy atom. The fourth-order valence-electron chi connectivity index (χ4n) is 5.70. The zero-order chi connectivity index (χ0) is 27.6. The zero-order valence-corrected chi connectivity index (χ0v) is 22.3. The van der Waals surface area contributed by atoms with Gasteiger partial charge in [-0.2, -0.15) is 10.2 Å². The summed E-state index contributed by atoms with van der Waals surface area (Å²) in [5.74, 6) is -3.37. The summed E-state index contributed by atoms with van der Waals surface area (Å²) in [4.78, 5) is 30.5. The van der Waals surface area contributed by atoms with E-state index in [0.29, 0.717) is 43.2 Å². The predicted molar refractivity (Wildman–Crippen MR) is 138 cm³/mol. The number of hydrogen-bond acceptors (Lipinski definition) is 6. The highest BCUT2D eigenvalue weighted by Gasteiger charge is 2.39. The van der Waals surface area contributed by atoms with Crippen LogP contribution >= 0.6 is 0 Å². The van der Waals surface area contributed by atoms with E-state index in [4.69, 9.17) is 14.8 Å². The molecule has 12 heteroatoms. The summed E-state index contributed by atoms with van der Waals surface area (Å²) in [7, 11) is 1.60. The Kier molecular flexibility index (Phi) is 7.92. The fourth-order valence-corrected chi connectivity index (χ4v) is 5.70. The number of rotatable bonds is 9. The van der Waals surface area contributed by atoms with Crippen molar-refractivity contribution in [3.63, 3.8) is 0 Å². The SMILES string of the molecule is CCn1nccc1C(=O)NC(c1cn2nc(CC3CCCNC3=O)c(COC)cc2n1)C1CCC(F)(F)CC1. The molecule has 39 heavy (non-hydrogen) atoms. The lowest BCUT2D eigenvalue weighted by Crippen LogP contribution is -2.38. The topological polar surface area (TPSA) is 115 Å². The maximum absolute atomic E-state index is 14.0. The number of imidazole rings is 1. The van der Waals surface area contributed by atoms with Gasteiger partial charge in [0.1, 0.15) is 5.69 Å². The molecule has 3 aromatic heterocycles. The number of piperidine rings is 1. The van der Waals surface area contributed by atoms with E-state index in [1.54, 1.807) is 34.8 Å². The molecule has 1 saturated carbocycles. The third-order valence-electron chi connectivity index (χ3n) is 7.86. The normalized spacial score (nSPS) is 20.6. The maximum Gasteiger partial charge on any atom is 0.270 e. The minimum absolute atomic E-state index is 0.0287. The number of fused-ring (bicyclic) bond motifs is 1. The van der Waals surface area contributed by atoms with Gasteiger partial charge in [-0.3, -0.25) is 14.3 Å². The standard InChI is InChI=1S/C27H35F2N7O3/c1-3-35-22(8-12-31-35)26(38)33-24(17-6-9-27(28,29)10-7-17)21-15-36-23(32-21)14-19(16-39-2)20(34-36)13-18-5-4-11-30-25(18)37/h8,12,14-15,17-18,24H,3-7,9-11,13,16H2,1-2H3,(H,30,37)(H,33,38). The van der Waals surface area contributed by atoms with E-state index in [-0.39, 0.29) is 49.3 Å². The smallest absolute Gasteiger partial charge is 0.270 e. The minimum Gasteiger partial charge on any atom is -0.380 e. The molecule has 2 atom stereocenters. The molecule has 1 aliphatic heterocycles. The summed E-state index contributed by atoms with van der Waals surface area (Å²) < 4.78 is 36.7. The Bertz CT molecular complexity index is 1330. The van der Waals surface area contributed by atoms with E-state index in [1.165, 1.54) is 0 Å². The Hall–Kier alpha value is -3.41. The van der Waals surface area contributed by atoms with Gasteiger partial charge in [0.15, 0.2) is 5.65 Å². The van der Waals surface area contributed by atoms with Crippen molar-refractivity contribution in [1.29, 1.82) is 0 Å². The molecular weight excluding hydrogens is 508 g/mol. The molecule has 0 aromatic carbocycles. The van der Waals surface area contributed by atoms with Gasteiger partial charge in [0, 0.05) is 57.1 Å². The number of methoxy groups -OCH3 is 1. The number of nitrogens with one attached hydrogen (secondary N) is 2. The Morgan fingerprint density at radius 3 is 2.82 bits per heavy atom. The molecule has 2 amide bonds. The number of aromatic nitrogens is 5. The van der Waals surface area contributed by atoms with E-state index >= 15 is 0 Å². The van der Waals surface area contributed by atoms with Crippen LogP contribution in [-0.4, -0.2) is 55.8 Å². The highest BCUT2D eigenvalue weighted by Crippen LogP contribution is 2.41. The molecule has 2 N–H and O–H groups in total. The van der Waals surface area contributed by atoms with Crippen LogP contribution in [0.25, 0.3) is 5.65 Å². The molecule has 0 radical (unpaired) electrons. The quantitative estimate of drug-likeness (QED) is 0.427. The summed E-state index contributed by atoms with van der Waals surface area (Å²) in [5.41, 5.74) is 3.11. The third-order valence-corrected chi connectivity index (χ3v) is 7.86. The fraction of sp³-hybridized carbons (Fsp3) is 0.593. The highest BCUT2D eigenvalue weighted by molar-refractivity contribution is 5.92. The van der Waals surface area contributed by atoms with Crippen LogP contribution in [-0.2, 0) is 29.1 Å². The van der Waals surface area contributed by atoms with Crippen molar-refractivity contribution in [3.05, 3.63) is 47.2 Å². The molecule has 10 nitrogen and oxygen atoms in total. The van der Waals surface area contributed by atoms with Gasteiger partial charge in [-0.25, -0.2) is 18.3 Å². The second kappa shape index (κ2) is 11.4. The van der Waals surface area contributed by atoms with Crippen LogP contribution in [0.3, 0.4) is 0 Å². The maximum atomic E-state index is 14.0. The lowest BCUT2D eigenvalue weighted by Gasteiger charge is -2.33. The first-order valence-corrected chi connectivity index (χ1v) is 13.6. The Labute approximate surface area is 225 Å². The lowest BCUT2D eigenvalue weighted by molar-refractivity contribution is -0.126. The first-order valence-electron chi connectivity index (χ1n) is 13.6. The van der Waals surface area contributed by atoms with Crippen LogP contribution in [0.15, 0.2) is 24.5 Å². The molecule has 4 heterocycles. The van der Waals surface area contributed by atoms with Crippen molar-refractivity contribution in [2.24, 2.45) is 11.8 Å². The van der Waals surface area contributed by atoms with Gasteiger partial charge in [-0.15, -0.1) is 0 Å². The average molecular weight is 544 g/mol. The van der Waals surface area contributed by atoms with E-state index in [1.807, 2.05) is 13.0 Å². The number of aryl methyl sites for hydroxylation is 1. The van der Waals surface area contributed by atoms with Crippen molar-refractivity contribution in [3.8, 4) is 0 Å². The van der Waals surface area contributed by atoms with Crippen LogP contribution in [0, 0.1) is 11.8 Å². The molecular formula is C27H35F2N7O3.